The molecule has 1 saturated heterocycles. The average Bonchev–Trinajstić information content (AvgIpc) is 3.07. The summed E-state index contributed by atoms with van der Waals surface area (Å²) in [6, 6.07) is 5.37. The number of ketones is 1. The molecule has 2 heterocycles. The molecule has 1 aliphatic rings. The first-order valence-corrected chi connectivity index (χ1v) is 8.78. The number of nitrogens with one attached hydrogen (secondary N) is 3. The molecule has 1 aromatic carbocycles. The summed E-state index contributed by atoms with van der Waals surface area (Å²) in [6.07, 6.45) is 1.67. The van der Waals surface area contributed by atoms with Gasteiger partial charge in [-0.3, -0.25) is 19.2 Å². The summed E-state index contributed by atoms with van der Waals surface area (Å²) in [5, 5.41) is 8.37. The second-order valence-electron chi connectivity index (χ2n) is 6.81. The average molecular weight is 371 g/mol. The molecule has 2 unspecified atom stereocenters. The number of furan rings is 1. The molecule has 142 valence electrons. The minimum atomic E-state index is -0.876. The fourth-order valence-corrected chi connectivity index (χ4v) is 3.01. The van der Waals surface area contributed by atoms with E-state index in [4.69, 9.17) is 4.42 Å². The minimum absolute atomic E-state index is 0.223. The van der Waals surface area contributed by atoms with E-state index in [1.807, 2.05) is 0 Å². The Balaban J connectivity index is 1.73. The summed E-state index contributed by atoms with van der Waals surface area (Å²) in [5.74, 6) is -2.55. The van der Waals surface area contributed by atoms with Crippen LogP contribution in [-0.4, -0.2) is 42.1 Å². The number of Topliss-reactive ketones (excluding diaryl/α,β-unsaturated/α-hetero) is 1. The SMILES string of the molecule is CC(C)C(NC(=O)c1coc2ccccc12)C(=O)NC1CCNC(=O)C1=O. The number of para-hydroxylation sites is 1. The number of piperidine rings is 1. The van der Waals surface area contributed by atoms with Gasteiger partial charge in [0.2, 0.25) is 11.7 Å². The van der Waals surface area contributed by atoms with Crippen LogP contribution < -0.4 is 16.0 Å². The Morgan fingerprint density at radius 1 is 1.22 bits per heavy atom. The Morgan fingerprint density at radius 3 is 2.70 bits per heavy atom. The van der Waals surface area contributed by atoms with Crippen molar-refractivity contribution in [3.8, 4) is 0 Å². The fraction of sp³-hybridized carbons (Fsp3) is 0.368. The van der Waals surface area contributed by atoms with E-state index in [2.05, 4.69) is 16.0 Å². The largest absolute Gasteiger partial charge is 0.463 e. The lowest BCUT2D eigenvalue weighted by atomic mass is 10.00. The third kappa shape index (κ3) is 3.84. The lowest BCUT2D eigenvalue weighted by molar-refractivity contribution is -0.142. The standard InChI is InChI=1S/C19H21N3O5/c1-10(2)15(18(25)21-13-7-8-20-19(26)16(13)23)22-17(24)12-9-27-14-6-4-3-5-11(12)14/h3-6,9-10,13,15H,7-8H2,1-2H3,(H,20,26)(H,21,25)(H,22,24). The van der Waals surface area contributed by atoms with Gasteiger partial charge in [0.25, 0.3) is 11.8 Å². The van der Waals surface area contributed by atoms with Gasteiger partial charge in [0, 0.05) is 11.9 Å². The van der Waals surface area contributed by atoms with Gasteiger partial charge < -0.3 is 20.4 Å². The van der Waals surface area contributed by atoms with Gasteiger partial charge in [0.1, 0.15) is 17.9 Å². The Labute approximate surface area is 155 Å². The van der Waals surface area contributed by atoms with Crippen molar-refractivity contribution in [2.45, 2.75) is 32.4 Å². The molecule has 0 aliphatic carbocycles. The van der Waals surface area contributed by atoms with Gasteiger partial charge in [0.15, 0.2) is 0 Å². The maximum absolute atomic E-state index is 12.7. The highest BCUT2D eigenvalue weighted by atomic mass is 16.3. The summed E-state index contributed by atoms with van der Waals surface area (Å²) in [5.41, 5.74) is 0.907. The van der Waals surface area contributed by atoms with Gasteiger partial charge in [-0.25, -0.2) is 0 Å². The van der Waals surface area contributed by atoms with Crippen molar-refractivity contribution in [2.75, 3.05) is 6.54 Å². The van der Waals surface area contributed by atoms with Crippen LogP contribution in [0.15, 0.2) is 34.9 Å². The molecule has 0 spiro atoms. The molecule has 8 nitrogen and oxygen atoms in total. The maximum atomic E-state index is 12.7. The van der Waals surface area contributed by atoms with Crippen molar-refractivity contribution in [3.05, 3.63) is 36.1 Å². The van der Waals surface area contributed by atoms with E-state index in [9.17, 15) is 19.2 Å². The lowest BCUT2D eigenvalue weighted by Gasteiger charge is -2.26. The van der Waals surface area contributed by atoms with Crippen molar-refractivity contribution in [1.29, 1.82) is 0 Å². The summed E-state index contributed by atoms with van der Waals surface area (Å²) in [6.45, 7) is 3.88. The van der Waals surface area contributed by atoms with E-state index in [0.29, 0.717) is 29.5 Å². The summed E-state index contributed by atoms with van der Waals surface area (Å²) in [4.78, 5) is 48.6. The zero-order valence-corrected chi connectivity index (χ0v) is 15.1. The molecule has 3 amide bonds. The van der Waals surface area contributed by atoms with Crippen LogP contribution in [0.5, 0.6) is 0 Å². The number of hydrogen-bond acceptors (Lipinski definition) is 5. The number of hydrogen-bond donors (Lipinski definition) is 3. The number of fused-ring (bicyclic) bond motifs is 1. The number of amides is 3. The van der Waals surface area contributed by atoms with Gasteiger partial charge in [-0.1, -0.05) is 32.0 Å². The monoisotopic (exact) mass is 371 g/mol. The zero-order valence-electron chi connectivity index (χ0n) is 15.1. The first-order valence-electron chi connectivity index (χ1n) is 8.78. The van der Waals surface area contributed by atoms with Crippen molar-refractivity contribution < 1.29 is 23.6 Å². The van der Waals surface area contributed by atoms with E-state index in [1.165, 1.54) is 6.26 Å². The zero-order chi connectivity index (χ0) is 19.6. The van der Waals surface area contributed by atoms with Crippen molar-refractivity contribution in [3.63, 3.8) is 0 Å². The molecule has 1 aliphatic heterocycles. The second kappa shape index (κ2) is 7.61. The Morgan fingerprint density at radius 2 is 1.96 bits per heavy atom. The highest BCUT2D eigenvalue weighted by Gasteiger charge is 2.33. The summed E-state index contributed by atoms with van der Waals surface area (Å²) >= 11 is 0. The smallest absolute Gasteiger partial charge is 0.289 e. The quantitative estimate of drug-likeness (QED) is 0.671. The highest BCUT2D eigenvalue weighted by molar-refractivity contribution is 6.39. The van der Waals surface area contributed by atoms with Crippen LogP contribution in [0.3, 0.4) is 0 Å². The first kappa shape index (κ1) is 18.6. The second-order valence-corrected chi connectivity index (χ2v) is 6.81. The van der Waals surface area contributed by atoms with Gasteiger partial charge in [-0.2, -0.15) is 0 Å². The molecular weight excluding hydrogens is 350 g/mol. The normalized spacial score (nSPS) is 18.3. The molecule has 3 rings (SSSR count). The Bertz CT molecular complexity index is 902. The molecule has 1 fully saturated rings. The molecule has 2 atom stereocenters. The fourth-order valence-electron chi connectivity index (χ4n) is 3.01. The van der Waals surface area contributed by atoms with Crippen molar-refractivity contribution >= 4 is 34.5 Å². The molecule has 8 heteroatoms. The topological polar surface area (TPSA) is 118 Å². The van der Waals surface area contributed by atoms with Gasteiger partial charge in [-0.05, 0) is 18.4 Å². The highest BCUT2D eigenvalue weighted by Crippen LogP contribution is 2.21. The molecule has 1 aromatic heterocycles. The summed E-state index contributed by atoms with van der Waals surface area (Å²) in [7, 11) is 0. The van der Waals surface area contributed by atoms with E-state index in [1.54, 1.807) is 38.1 Å². The minimum Gasteiger partial charge on any atom is -0.463 e. The molecular formula is C19H21N3O5. The molecule has 0 bridgehead atoms. The van der Waals surface area contributed by atoms with E-state index in [0.717, 1.165) is 0 Å². The lowest BCUT2D eigenvalue weighted by Crippen LogP contribution is -2.58. The molecule has 0 saturated carbocycles. The van der Waals surface area contributed by atoms with E-state index < -0.39 is 35.6 Å². The predicted molar refractivity (Wildman–Crippen MR) is 96.9 cm³/mol. The van der Waals surface area contributed by atoms with Gasteiger partial charge in [-0.15, -0.1) is 0 Å². The molecule has 3 N–H and O–H groups in total. The van der Waals surface area contributed by atoms with Crippen molar-refractivity contribution in [1.82, 2.24) is 16.0 Å². The van der Waals surface area contributed by atoms with Crippen LogP contribution in [0.25, 0.3) is 11.0 Å². The molecule has 27 heavy (non-hydrogen) atoms. The molecule has 0 radical (unpaired) electrons. The molecule has 2 aromatic rings. The van der Waals surface area contributed by atoms with Gasteiger partial charge in [0.05, 0.1) is 11.6 Å². The van der Waals surface area contributed by atoms with Crippen LogP contribution >= 0.6 is 0 Å². The third-order valence-corrected chi connectivity index (χ3v) is 4.54. The van der Waals surface area contributed by atoms with E-state index in [-0.39, 0.29) is 5.92 Å². The number of carbonyl (C=O) groups excluding carboxylic acids is 4. The summed E-state index contributed by atoms with van der Waals surface area (Å²) < 4.78 is 5.37. The van der Waals surface area contributed by atoms with Crippen molar-refractivity contribution in [2.24, 2.45) is 5.92 Å². The first-order chi connectivity index (χ1) is 12.9. The van der Waals surface area contributed by atoms with Crippen LogP contribution in [0.2, 0.25) is 0 Å². The van der Waals surface area contributed by atoms with Gasteiger partial charge >= 0.3 is 0 Å². The van der Waals surface area contributed by atoms with Crippen LogP contribution in [0.1, 0.15) is 30.6 Å². The maximum Gasteiger partial charge on any atom is 0.289 e. The number of rotatable bonds is 5. The number of carbonyl (C=O) groups is 4. The van der Waals surface area contributed by atoms with Crippen LogP contribution in [-0.2, 0) is 14.4 Å². The van der Waals surface area contributed by atoms with Crippen LogP contribution in [0, 0.1) is 5.92 Å². The Kier molecular flexibility index (Phi) is 5.25. The van der Waals surface area contributed by atoms with E-state index >= 15 is 0 Å². The predicted octanol–water partition coefficient (Wildman–Crippen LogP) is 0.761. The third-order valence-electron chi connectivity index (χ3n) is 4.54. The van der Waals surface area contributed by atoms with Crippen LogP contribution in [0.4, 0.5) is 0 Å². The Hall–Kier alpha value is -3.16. The number of benzene rings is 1.